The third-order valence-corrected chi connectivity index (χ3v) is 6.58. The van der Waals surface area contributed by atoms with Crippen LogP contribution in [-0.2, 0) is 25.5 Å². The molecule has 13 heteroatoms. The molecular weight excluding hydrogens is 527 g/mol. The second-order valence-electron chi connectivity index (χ2n) is 8.99. The van der Waals surface area contributed by atoms with Crippen molar-refractivity contribution in [2.45, 2.75) is 36.9 Å². The molecule has 0 radical (unpaired) electrons. The Morgan fingerprint density at radius 1 is 1.11 bits per heavy atom. The lowest BCUT2D eigenvalue weighted by molar-refractivity contribution is -0.155. The fraction of sp³-hybridized carbons (Fsp3) is 0.320. The summed E-state index contributed by atoms with van der Waals surface area (Å²) in [6.45, 7) is 2.83. The zero-order chi connectivity index (χ0) is 28.3. The Bertz CT molecular complexity index is 1480. The van der Waals surface area contributed by atoms with Gasteiger partial charge in [-0.15, -0.1) is 0 Å². The topological polar surface area (TPSA) is 131 Å². The minimum Gasteiger partial charge on any atom is -0.487 e. The second kappa shape index (κ2) is 11.0. The number of nitrogens with two attached hydrogens (primary N) is 1. The monoisotopic (exact) mass is 553 g/mol. The molecule has 38 heavy (non-hydrogen) atoms. The Balaban J connectivity index is 2.05. The summed E-state index contributed by atoms with van der Waals surface area (Å²) < 4.78 is 75.2. The van der Waals surface area contributed by atoms with Gasteiger partial charge in [-0.3, -0.25) is 9.59 Å². The van der Waals surface area contributed by atoms with Gasteiger partial charge in [0.05, 0.1) is 35.5 Å². The Kier molecular flexibility index (Phi) is 8.32. The number of benzene rings is 2. The van der Waals surface area contributed by atoms with Crippen LogP contribution in [0.15, 0.2) is 64.4 Å². The first-order valence-electron chi connectivity index (χ1n) is 11.3. The molecular formula is C25H26F3N3O6S. The van der Waals surface area contributed by atoms with E-state index in [1.165, 1.54) is 36.5 Å². The lowest BCUT2D eigenvalue weighted by Crippen LogP contribution is -2.33. The predicted octanol–water partition coefficient (Wildman–Crippen LogP) is 3.37. The van der Waals surface area contributed by atoms with E-state index >= 15 is 0 Å². The highest BCUT2D eigenvalue weighted by Crippen LogP contribution is 2.31. The highest BCUT2D eigenvalue weighted by molar-refractivity contribution is 7.90. The second-order valence-corrected chi connectivity index (χ2v) is 11.0. The van der Waals surface area contributed by atoms with Gasteiger partial charge >= 0.3 is 17.7 Å². The Labute approximate surface area is 216 Å². The molecule has 0 saturated heterocycles. The van der Waals surface area contributed by atoms with E-state index in [9.17, 15) is 31.2 Å². The summed E-state index contributed by atoms with van der Waals surface area (Å²) in [7, 11) is -3.48. The SMILES string of the molecule is CC(C)(CCOc1c(-c2ccc(S(C)(=O)=O)cc2)cnn(-c2cccc(C(F)(F)F)c2)c1=O)OC(=O)CN. The number of rotatable bonds is 9. The number of nitrogens with zero attached hydrogens (tertiary/aromatic N) is 2. The van der Waals surface area contributed by atoms with Crippen LogP contribution in [0.25, 0.3) is 16.8 Å². The van der Waals surface area contributed by atoms with Crippen LogP contribution in [0.4, 0.5) is 13.2 Å². The smallest absolute Gasteiger partial charge is 0.416 e. The van der Waals surface area contributed by atoms with Crippen LogP contribution in [0, 0.1) is 0 Å². The summed E-state index contributed by atoms with van der Waals surface area (Å²) in [5, 5.41) is 4.04. The van der Waals surface area contributed by atoms with Gasteiger partial charge in [0.15, 0.2) is 15.6 Å². The van der Waals surface area contributed by atoms with Crippen molar-refractivity contribution in [1.82, 2.24) is 9.78 Å². The normalized spacial score (nSPS) is 12.3. The Hall–Kier alpha value is -3.71. The van der Waals surface area contributed by atoms with Crippen molar-refractivity contribution in [3.63, 3.8) is 0 Å². The summed E-state index contributed by atoms with van der Waals surface area (Å²) in [6, 6.07) is 9.72. The summed E-state index contributed by atoms with van der Waals surface area (Å²) in [6.07, 6.45) is -2.19. The first-order chi connectivity index (χ1) is 17.6. The van der Waals surface area contributed by atoms with Crippen LogP contribution >= 0.6 is 0 Å². The molecule has 204 valence electrons. The van der Waals surface area contributed by atoms with Gasteiger partial charge in [-0.25, -0.2) is 8.42 Å². The fourth-order valence-electron chi connectivity index (χ4n) is 3.46. The number of alkyl halides is 3. The number of hydrogen-bond acceptors (Lipinski definition) is 8. The standard InChI is InChI=1S/C25H26F3N3O6S/c1-24(2,37-21(32)14-29)11-12-36-22-20(16-7-9-19(10-8-16)38(3,34)35)15-30-31(23(22)33)18-6-4-5-17(13-18)25(26,27)28/h4-10,13,15H,11-12,14,29H2,1-3H3. The molecule has 0 atom stereocenters. The number of hydrogen-bond donors (Lipinski definition) is 1. The molecule has 9 nitrogen and oxygen atoms in total. The predicted molar refractivity (Wildman–Crippen MR) is 133 cm³/mol. The van der Waals surface area contributed by atoms with Gasteiger partial charge in [0, 0.05) is 18.2 Å². The Morgan fingerprint density at radius 2 is 1.76 bits per heavy atom. The number of carbonyl (C=O) groups excluding carboxylic acids is 1. The maximum atomic E-state index is 13.4. The van der Waals surface area contributed by atoms with Crippen LogP contribution in [0.5, 0.6) is 5.75 Å². The van der Waals surface area contributed by atoms with Gasteiger partial charge in [-0.05, 0) is 49.7 Å². The number of carbonyl (C=O) groups is 1. The maximum absolute atomic E-state index is 13.4. The van der Waals surface area contributed by atoms with Crippen LogP contribution in [0.1, 0.15) is 25.8 Å². The molecule has 2 N–H and O–H groups in total. The minimum absolute atomic E-state index is 0.0532. The highest BCUT2D eigenvalue weighted by atomic mass is 32.2. The van der Waals surface area contributed by atoms with Crippen molar-refractivity contribution in [1.29, 1.82) is 0 Å². The van der Waals surface area contributed by atoms with Gasteiger partial charge in [0.1, 0.15) is 5.60 Å². The zero-order valence-electron chi connectivity index (χ0n) is 20.8. The van der Waals surface area contributed by atoms with E-state index in [2.05, 4.69) is 5.10 Å². The third kappa shape index (κ3) is 6.98. The maximum Gasteiger partial charge on any atom is 0.416 e. The van der Waals surface area contributed by atoms with Crippen LogP contribution in [-0.4, -0.2) is 49.2 Å². The molecule has 0 fully saturated rings. The molecule has 0 amide bonds. The molecule has 1 heterocycles. The molecule has 1 aromatic heterocycles. The van der Waals surface area contributed by atoms with Crippen molar-refractivity contribution in [2.24, 2.45) is 5.73 Å². The first kappa shape index (κ1) is 28.9. The average Bonchev–Trinajstić information content (AvgIpc) is 2.83. The van der Waals surface area contributed by atoms with Crippen LogP contribution < -0.4 is 16.0 Å². The van der Waals surface area contributed by atoms with E-state index in [1.807, 2.05) is 0 Å². The van der Waals surface area contributed by atoms with Crippen molar-refractivity contribution in [2.75, 3.05) is 19.4 Å². The van der Waals surface area contributed by atoms with Crippen molar-refractivity contribution >= 4 is 15.8 Å². The van der Waals surface area contributed by atoms with Gasteiger partial charge in [0.25, 0.3) is 0 Å². The molecule has 3 rings (SSSR count). The van der Waals surface area contributed by atoms with Crippen LogP contribution in [0.2, 0.25) is 0 Å². The number of esters is 1. The first-order valence-corrected chi connectivity index (χ1v) is 13.2. The van der Waals surface area contributed by atoms with Gasteiger partial charge < -0.3 is 15.2 Å². The minimum atomic E-state index is -4.63. The lowest BCUT2D eigenvalue weighted by atomic mass is 10.1. The van der Waals surface area contributed by atoms with Gasteiger partial charge in [-0.1, -0.05) is 18.2 Å². The molecule has 0 unspecified atom stereocenters. The van der Waals surface area contributed by atoms with Crippen LogP contribution in [0.3, 0.4) is 0 Å². The number of ether oxygens (including phenoxy) is 2. The lowest BCUT2D eigenvalue weighted by Gasteiger charge is -2.25. The molecule has 0 aliphatic heterocycles. The molecule has 0 saturated carbocycles. The largest absolute Gasteiger partial charge is 0.487 e. The van der Waals surface area contributed by atoms with E-state index in [0.717, 1.165) is 29.1 Å². The number of aromatic nitrogens is 2. The summed E-state index contributed by atoms with van der Waals surface area (Å²) in [5.74, 6) is -0.858. The number of halogens is 3. The van der Waals surface area contributed by atoms with Gasteiger partial charge in [0.2, 0.25) is 0 Å². The van der Waals surface area contributed by atoms with E-state index in [0.29, 0.717) is 5.56 Å². The van der Waals surface area contributed by atoms with Crippen molar-refractivity contribution in [3.8, 4) is 22.6 Å². The van der Waals surface area contributed by atoms with E-state index in [1.54, 1.807) is 13.8 Å². The van der Waals surface area contributed by atoms with Gasteiger partial charge in [-0.2, -0.15) is 23.0 Å². The number of sulfone groups is 1. The van der Waals surface area contributed by atoms with E-state index < -0.39 is 38.7 Å². The summed E-state index contributed by atoms with van der Waals surface area (Å²) in [5.41, 5.74) is 2.94. The van der Waals surface area contributed by atoms with E-state index in [4.69, 9.17) is 15.2 Å². The van der Waals surface area contributed by atoms with Crippen molar-refractivity contribution in [3.05, 3.63) is 70.6 Å². The Morgan fingerprint density at radius 3 is 2.34 bits per heavy atom. The average molecular weight is 554 g/mol. The van der Waals surface area contributed by atoms with E-state index in [-0.39, 0.29) is 41.5 Å². The third-order valence-electron chi connectivity index (χ3n) is 5.45. The molecule has 2 aromatic carbocycles. The summed E-state index contributed by atoms with van der Waals surface area (Å²) in [4.78, 5) is 25.1. The molecule has 3 aromatic rings. The summed E-state index contributed by atoms with van der Waals surface area (Å²) >= 11 is 0. The molecule has 0 aliphatic rings. The quantitative estimate of drug-likeness (QED) is 0.399. The fourth-order valence-corrected chi connectivity index (χ4v) is 4.09. The molecule has 0 aliphatic carbocycles. The molecule has 0 bridgehead atoms. The van der Waals surface area contributed by atoms with Crippen molar-refractivity contribution < 1.29 is 35.9 Å². The zero-order valence-corrected chi connectivity index (χ0v) is 21.6. The highest BCUT2D eigenvalue weighted by Gasteiger charge is 2.31. The molecule has 0 spiro atoms.